The van der Waals surface area contributed by atoms with E-state index in [9.17, 15) is 0 Å². The summed E-state index contributed by atoms with van der Waals surface area (Å²) in [6.07, 6.45) is 0. The first-order valence-corrected chi connectivity index (χ1v) is 4.74. The van der Waals surface area contributed by atoms with E-state index in [1.807, 2.05) is 12.1 Å². The van der Waals surface area contributed by atoms with Crippen LogP contribution in [0.3, 0.4) is 0 Å². The van der Waals surface area contributed by atoms with E-state index in [4.69, 9.17) is 17.3 Å². The van der Waals surface area contributed by atoms with Gasteiger partial charge in [0, 0.05) is 23.3 Å². The number of rotatable bonds is 3. The maximum Gasteiger partial charge on any atom is 0.0452 e. The topological polar surface area (TPSA) is 38.0 Å². The fourth-order valence-corrected chi connectivity index (χ4v) is 1.23. The van der Waals surface area contributed by atoms with E-state index in [2.05, 4.69) is 19.2 Å². The van der Waals surface area contributed by atoms with Crippen molar-refractivity contribution >= 4 is 17.3 Å². The van der Waals surface area contributed by atoms with Crippen LogP contribution in [0.4, 0.5) is 5.69 Å². The second-order valence-corrected chi connectivity index (χ2v) is 3.79. The lowest BCUT2D eigenvalue weighted by Crippen LogP contribution is -2.22. The van der Waals surface area contributed by atoms with Gasteiger partial charge in [0.1, 0.15) is 0 Å². The van der Waals surface area contributed by atoms with Crippen LogP contribution in [0.5, 0.6) is 0 Å². The average molecular weight is 199 g/mol. The number of halogens is 1. The van der Waals surface area contributed by atoms with Crippen molar-refractivity contribution in [1.82, 2.24) is 5.32 Å². The first-order valence-electron chi connectivity index (χ1n) is 4.37. The summed E-state index contributed by atoms with van der Waals surface area (Å²) >= 11 is 5.98. The molecule has 2 nitrogen and oxygen atoms in total. The highest BCUT2D eigenvalue weighted by atomic mass is 35.5. The SMILES string of the molecule is CC(C)NCc1cc(N)ccc1Cl. The Hall–Kier alpha value is -0.730. The molecule has 0 aromatic heterocycles. The highest BCUT2D eigenvalue weighted by Crippen LogP contribution is 2.18. The third-order valence-corrected chi connectivity index (χ3v) is 2.14. The summed E-state index contributed by atoms with van der Waals surface area (Å²) in [4.78, 5) is 0. The van der Waals surface area contributed by atoms with E-state index >= 15 is 0 Å². The lowest BCUT2D eigenvalue weighted by Gasteiger charge is -2.09. The third-order valence-electron chi connectivity index (χ3n) is 1.77. The van der Waals surface area contributed by atoms with Crippen LogP contribution in [-0.2, 0) is 6.54 Å². The summed E-state index contributed by atoms with van der Waals surface area (Å²) in [5.74, 6) is 0. The second-order valence-electron chi connectivity index (χ2n) is 3.39. The largest absolute Gasteiger partial charge is 0.399 e. The summed E-state index contributed by atoms with van der Waals surface area (Å²) in [5, 5.41) is 4.06. The Labute approximate surface area is 84.1 Å². The van der Waals surface area contributed by atoms with Gasteiger partial charge in [-0.15, -0.1) is 0 Å². The van der Waals surface area contributed by atoms with E-state index in [0.717, 1.165) is 22.8 Å². The number of anilines is 1. The number of nitrogens with one attached hydrogen (secondary N) is 1. The monoisotopic (exact) mass is 198 g/mol. The van der Waals surface area contributed by atoms with Gasteiger partial charge in [-0.2, -0.15) is 0 Å². The van der Waals surface area contributed by atoms with Crippen molar-refractivity contribution in [3.05, 3.63) is 28.8 Å². The van der Waals surface area contributed by atoms with Crippen molar-refractivity contribution in [2.45, 2.75) is 26.4 Å². The Morgan fingerprint density at radius 1 is 1.46 bits per heavy atom. The Bertz CT molecular complexity index is 284. The maximum atomic E-state index is 5.98. The smallest absolute Gasteiger partial charge is 0.0452 e. The predicted molar refractivity (Wildman–Crippen MR) is 57.8 cm³/mol. The lowest BCUT2D eigenvalue weighted by atomic mass is 10.2. The first kappa shape index (κ1) is 10.4. The van der Waals surface area contributed by atoms with Gasteiger partial charge in [-0.3, -0.25) is 0 Å². The number of nitrogens with two attached hydrogens (primary N) is 1. The molecule has 1 rings (SSSR count). The zero-order chi connectivity index (χ0) is 9.84. The average Bonchev–Trinajstić information content (AvgIpc) is 2.06. The van der Waals surface area contributed by atoms with Crippen LogP contribution >= 0.6 is 11.6 Å². The fourth-order valence-electron chi connectivity index (χ4n) is 1.04. The maximum absolute atomic E-state index is 5.98. The molecule has 13 heavy (non-hydrogen) atoms. The predicted octanol–water partition coefficient (Wildman–Crippen LogP) is 2.42. The quantitative estimate of drug-likeness (QED) is 0.733. The van der Waals surface area contributed by atoms with Gasteiger partial charge in [0.15, 0.2) is 0 Å². The second kappa shape index (κ2) is 4.49. The van der Waals surface area contributed by atoms with Gasteiger partial charge in [0.05, 0.1) is 0 Å². The van der Waals surface area contributed by atoms with Crippen LogP contribution in [0, 0.1) is 0 Å². The Morgan fingerprint density at radius 3 is 2.77 bits per heavy atom. The number of nitrogen functional groups attached to an aromatic ring is 1. The van der Waals surface area contributed by atoms with Crippen molar-refractivity contribution < 1.29 is 0 Å². The van der Waals surface area contributed by atoms with Gasteiger partial charge in [0.25, 0.3) is 0 Å². The molecular weight excluding hydrogens is 184 g/mol. The van der Waals surface area contributed by atoms with E-state index in [0.29, 0.717) is 6.04 Å². The van der Waals surface area contributed by atoms with Crippen molar-refractivity contribution in [2.24, 2.45) is 0 Å². The molecule has 1 aromatic carbocycles. The minimum Gasteiger partial charge on any atom is -0.399 e. The van der Waals surface area contributed by atoms with Gasteiger partial charge in [-0.1, -0.05) is 25.4 Å². The first-order chi connectivity index (χ1) is 6.09. The van der Waals surface area contributed by atoms with Crippen LogP contribution in [0.15, 0.2) is 18.2 Å². The summed E-state index contributed by atoms with van der Waals surface area (Å²) in [5.41, 5.74) is 7.45. The van der Waals surface area contributed by atoms with E-state index in [-0.39, 0.29) is 0 Å². The van der Waals surface area contributed by atoms with Crippen LogP contribution in [0.1, 0.15) is 19.4 Å². The fraction of sp³-hybridized carbons (Fsp3) is 0.400. The number of hydrogen-bond donors (Lipinski definition) is 2. The molecule has 0 saturated carbocycles. The molecule has 3 heteroatoms. The van der Waals surface area contributed by atoms with Crippen molar-refractivity contribution in [1.29, 1.82) is 0 Å². The van der Waals surface area contributed by atoms with Crippen molar-refractivity contribution in [3.63, 3.8) is 0 Å². The standard InChI is InChI=1S/C10H15ClN2/c1-7(2)13-6-8-5-9(12)3-4-10(8)11/h3-5,7,13H,6,12H2,1-2H3. The Morgan fingerprint density at radius 2 is 2.15 bits per heavy atom. The zero-order valence-electron chi connectivity index (χ0n) is 7.97. The molecule has 0 radical (unpaired) electrons. The normalized spacial score (nSPS) is 10.8. The minimum absolute atomic E-state index is 0.456. The van der Waals surface area contributed by atoms with E-state index in [1.54, 1.807) is 6.07 Å². The van der Waals surface area contributed by atoms with Crippen molar-refractivity contribution in [3.8, 4) is 0 Å². The Balaban J connectivity index is 2.70. The third kappa shape index (κ3) is 3.25. The molecular formula is C10H15ClN2. The summed E-state index contributed by atoms with van der Waals surface area (Å²) < 4.78 is 0. The highest BCUT2D eigenvalue weighted by molar-refractivity contribution is 6.31. The van der Waals surface area contributed by atoms with Gasteiger partial charge >= 0.3 is 0 Å². The summed E-state index contributed by atoms with van der Waals surface area (Å²) in [7, 11) is 0. The molecule has 1 aromatic rings. The van der Waals surface area contributed by atoms with Gasteiger partial charge in [0.2, 0.25) is 0 Å². The lowest BCUT2D eigenvalue weighted by molar-refractivity contribution is 0.589. The molecule has 0 fully saturated rings. The van der Waals surface area contributed by atoms with Crippen molar-refractivity contribution in [2.75, 3.05) is 5.73 Å². The minimum atomic E-state index is 0.456. The highest BCUT2D eigenvalue weighted by Gasteiger charge is 2.01. The molecule has 3 N–H and O–H groups in total. The molecule has 72 valence electrons. The summed E-state index contributed by atoms with van der Waals surface area (Å²) in [6.45, 7) is 4.96. The van der Waals surface area contributed by atoms with Gasteiger partial charge in [-0.25, -0.2) is 0 Å². The molecule has 0 amide bonds. The van der Waals surface area contributed by atoms with Crippen LogP contribution in [0.25, 0.3) is 0 Å². The zero-order valence-corrected chi connectivity index (χ0v) is 8.73. The molecule has 0 spiro atoms. The molecule has 0 aliphatic heterocycles. The van der Waals surface area contributed by atoms with Gasteiger partial charge in [-0.05, 0) is 23.8 Å². The van der Waals surface area contributed by atoms with Crippen LogP contribution < -0.4 is 11.1 Å². The molecule has 0 saturated heterocycles. The van der Waals surface area contributed by atoms with Crippen LogP contribution in [-0.4, -0.2) is 6.04 Å². The molecule has 0 aliphatic carbocycles. The molecule has 0 bridgehead atoms. The van der Waals surface area contributed by atoms with E-state index < -0.39 is 0 Å². The Kier molecular flexibility index (Phi) is 3.58. The molecule has 0 heterocycles. The number of benzene rings is 1. The molecule has 0 aliphatic rings. The van der Waals surface area contributed by atoms with Gasteiger partial charge < -0.3 is 11.1 Å². The van der Waals surface area contributed by atoms with Crippen LogP contribution in [0.2, 0.25) is 5.02 Å². The number of hydrogen-bond acceptors (Lipinski definition) is 2. The molecule has 0 unspecified atom stereocenters. The molecule has 0 atom stereocenters. The van der Waals surface area contributed by atoms with E-state index in [1.165, 1.54) is 0 Å². The summed E-state index contributed by atoms with van der Waals surface area (Å²) in [6, 6.07) is 5.99.